The molecule has 3 rings (SSSR count). The number of benzene rings is 1. The van der Waals surface area contributed by atoms with Crippen LogP contribution in [-0.2, 0) is 11.2 Å². The van der Waals surface area contributed by atoms with Gasteiger partial charge in [-0.3, -0.25) is 9.59 Å². The van der Waals surface area contributed by atoms with E-state index in [1.807, 2.05) is 0 Å². The first kappa shape index (κ1) is 17.7. The van der Waals surface area contributed by atoms with Crippen molar-refractivity contribution in [2.45, 2.75) is 25.7 Å². The van der Waals surface area contributed by atoms with Gasteiger partial charge >= 0.3 is 0 Å². The molecule has 1 saturated heterocycles. The molecule has 2 amide bonds. The third kappa shape index (κ3) is 4.20. The topological polar surface area (TPSA) is 70.2 Å². The second kappa shape index (κ2) is 7.75. The summed E-state index contributed by atoms with van der Waals surface area (Å²) in [5.74, 6) is -0.512. The van der Waals surface area contributed by atoms with Gasteiger partial charge in [0.2, 0.25) is 5.91 Å². The van der Waals surface area contributed by atoms with Gasteiger partial charge in [0, 0.05) is 18.7 Å². The lowest BCUT2D eigenvalue weighted by molar-refractivity contribution is -0.116. The van der Waals surface area contributed by atoms with Crippen LogP contribution < -0.4 is 16.0 Å². The molecule has 1 aromatic carbocycles. The molecule has 0 aliphatic carbocycles. The molecule has 0 radical (unpaired) electrons. The summed E-state index contributed by atoms with van der Waals surface area (Å²) in [6.07, 6.45) is 2.94. The van der Waals surface area contributed by atoms with Crippen molar-refractivity contribution in [2.75, 3.05) is 25.0 Å². The number of fused-ring (bicyclic) bond motifs is 1. The highest BCUT2D eigenvalue weighted by Crippen LogP contribution is 2.25. The van der Waals surface area contributed by atoms with Crippen molar-refractivity contribution in [1.29, 1.82) is 0 Å². The Labute approximate surface area is 140 Å². The van der Waals surface area contributed by atoms with Crippen LogP contribution in [0, 0.1) is 11.7 Å². The van der Waals surface area contributed by atoms with Crippen LogP contribution in [0.2, 0.25) is 0 Å². The van der Waals surface area contributed by atoms with E-state index in [-0.39, 0.29) is 29.8 Å². The first-order valence-corrected chi connectivity index (χ1v) is 7.74. The van der Waals surface area contributed by atoms with Crippen molar-refractivity contribution < 1.29 is 14.0 Å². The molecule has 1 fully saturated rings. The summed E-state index contributed by atoms with van der Waals surface area (Å²) in [7, 11) is 0. The molecule has 5 nitrogen and oxygen atoms in total. The molecular weight excluding hydrogens is 321 g/mol. The largest absolute Gasteiger partial charge is 0.352 e. The van der Waals surface area contributed by atoms with E-state index in [1.54, 1.807) is 6.07 Å². The molecule has 126 valence electrons. The minimum atomic E-state index is -0.596. The Morgan fingerprint density at radius 1 is 1.35 bits per heavy atom. The molecular formula is C16H21ClFN3O2. The van der Waals surface area contributed by atoms with Crippen molar-refractivity contribution in [3.05, 3.63) is 29.1 Å². The van der Waals surface area contributed by atoms with E-state index in [0.29, 0.717) is 31.0 Å². The highest BCUT2D eigenvalue weighted by molar-refractivity contribution is 5.98. The van der Waals surface area contributed by atoms with Crippen LogP contribution in [0.1, 0.15) is 35.2 Å². The molecule has 1 unspecified atom stereocenters. The minimum Gasteiger partial charge on any atom is -0.352 e. The standard InChI is InChI=1S/C16H20FN3O2.ClH/c17-13-8-14-11(1-2-15(21)20-14)7-12(13)16(22)19-6-4-10-3-5-18-9-10;/h7-8,10,18H,1-6,9H2,(H,19,22)(H,20,21);1H. The van der Waals surface area contributed by atoms with Gasteiger partial charge < -0.3 is 16.0 Å². The van der Waals surface area contributed by atoms with Crippen LogP contribution in [0.25, 0.3) is 0 Å². The fourth-order valence-corrected chi connectivity index (χ4v) is 3.02. The van der Waals surface area contributed by atoms with E-state index in [9.17, 15) is 14.0 Å². The summed E-state index contributed by atoms with van der Waals surface area (Å²) in [5, 5.41) is 8.70. The molecule has 0 spiro atoms. The average molecular weight is 342 g/mol. The smallest absolute Gasteiger partial charge is 0.254 e. The Bertz CT molecular complexity index is 603. The molecule has 1 atom stereocenters. The van der Waals surface area contributed by atoms with E-state index >= 15 is 0 Å². The minimum absolute atomic E-state index is 0. The third-order valence-electron chi connectivity index (χ3n) is 4.33. The quantitative estimate of drug-likeness (QED) is 0.783. The molecule has 2 aliphatic rings. The number of rotatable bonds is 4. The molecule has 0 bridgehead atoms. The summed E-state index contributed by atoms with van der Waals surface area (Å²) >= 11 is 0. The maximum absolute atomic E-state index is 14.1. The fraction of sp³-hybridized carbons (Fsp3) is 0.500. The number of halogens is 2. The average Bonchev–Trinajstić information content (AvgIpc) is 2.99. The maximum Gasteiger partial charge on any atom is 0.254 e. The van der Waals surface area contributed by atoms with Gasteiger partial charge in [0.25, 0.3) is 5.91 Å². The summed E-state index contributed by atoms with van der Waals surface area (Å²) in [4.78, 5) is 23.4. The van der Waals surface area contributed by atoms with Crippen LogP contribution in [-0.4, -0.2) is 31.4 Å². The van der Waals surface area contributed by atoms with Gasteiger partial charge in [-0.15, -0.1) is 12.4 Å². The lowest BCUT2D eigenvalue weighted by Crippen LogP contribution is -2.28. The van der Waals surface area contributed by atoms with Gasteiger partial charge in [-0.25, -0.2) is 4.39 Å². The number of nitrogens with one attached hydrogen (secondary N) is 3. The van der Waals surface area contributed by atoms with Crippen molar-refractivity contribution in [2.24, 2.45) is 5.92 Å². The SMILES string of the molecule is Cl.O=C1CCc2cc(C(=O)NCCC3CCNC3)c(F)cc2N1. The van der Waals surface area contributed by atoms with E-state index in [2.05, 4.69) is 16.0 Å². The van der Waals surface area contributed by atoms with Gasteiger partial charge in [0.1, 0.15) is 5.82 Å². The molecule has 2 heterocycles. The van der Waals surface area contributed by atoms with Crippen LogP contribution in [0.15, 0.2) is 12.1 Å². The van der Waals surface area contributed by atoms with Crippen LogP contribution in [0.5, 0.6) is 0 Å². The van der Waals surface area contributed by atoms with Crippen molar-refractivity contribution >= 4 is 29.9 Å². The Morgan fingerprint density at radius 2 is 2.17 bits per heavy atom. The molecule has 0 saturated carbocycles. The van der Waals surface area contributed by atoms with Crippen molar-refractivity contribution in [3.8, 4) is 0 Å². The monoisotopic (exact) mass is 341 g/mol. The van der Waals surface area contributed by atoms with E-state index in [1.165, 1.54) is 6.07 Å². The fourth-order valence-electron chi connectivity index (χ4n) is 3.02. The Kier molecular flexibility index (Phi) is 5.96. The zero-order valence-corrected chi connectivity index (χ0v) is 13.6. The summed E-state index contributed by atoms with van der Waals surface area (Å²) in [5.41, 5.74) is 1.34. The molecule has 23 heavy (non-hydrogen) atoms. The Balaban J connectivity index is 0.00000192. The zero-order valence-electron chi connectivity index (χ0n) is 12.8. The second-order valence-electron chi connectivity index (χ2n) is 5.94. The number of anilines is 1. The number of carbonyl (C=O) groups is 2. The molecule has 3 N–H and O–H groups in total. The predicted molar refractivity (Wildman–Crippen MR) is 88.5 cm³/mol. The third-order valence-corrected chi connectivity index (χ3v) is 4.33. The highest BCUT2D eigenvalue weighted by atomic mass is 35.5. The first-order valence-electron chi connectivity index (χ1n) is 7.74. The lowest BCUT2D eigenvalue weighted by Gasteiger charge is -2.18. The number of amides is 2. The Morgan fingerprint density at radius 3 is 2.91 bits per heavy atom. The van der Waals surface area contributed by atoms with E-state index in [0.717, 1.165) is 31.5 Å². The molecule has 1 aromatic rings. The normalized spacial score (nSPS) is 19.5. The van der Waals surface area contributed by atoms with Gasteiger partial charge in [-0.1, -0.05) is 0 Å². The zero-order chi connectivity index (χ0) is 15.5. The number of hydrogen-bond acceptors (Lipinski definition) is 3. The second-order valence-corrected chi connectivity index (χ2v) is 5.94. The molecule has 2 aliphatic heterocycles. The summed E-state index contributed by atoms with van der Waals surface area (Å²) in [6.45, 7) is 2.57. The van der Waals surface area contributed by atoms with E-state index < -0.39 is 5.82 Å². The number of carbonyl (C=O) groups excluding carboxylic acids is 2. The maximum atomic E-state index is 14.1. The lowest BCUT2D eigenvalue weighted by atomic mass is 9.99. The van der Waals surface area contributed by atoms with Crippen LogP contribution >= 0.6 is 12.4 Å². The summed E-state index contributed by atoms with van der Waals surface area (Å²) in [6, 6.07) is 2.79. The van der Waals surface area contributed by atoms with Crippen LogP contribution in [0.4, 0.5) is 10.1 Å². The van der Waals surface area contributed by atoms with Gasteiger partial charge in [-0.2, -0.15) is 0 Å². The van der Waals surface area contributed by atoms with E-state index in [4.69, 9.17) is 0 Å². The first-order chi connectivity index (χ1) is 10.6. The molecule has 7 heteroatoms. The van der Waals surface area contributed by atoms with Crippen LogP contribution in [0.3, 0.4) is 0 Å². The highest BCUT2D eigenvalue weighted by Gasteiger charge is 2.21. The molecule has 0 aromatic heterocycles. The predicted octanol–water partition coefficient (Wildman–Crippen LogP) is 1.86. The summed E-state index contributed by atoms with van der Waals surface area (Å²) < 4.78 is 14.1. The van der Waals surface area contributed by atoms with Gasteiger partial charge in [0.15, 0.2) is 0 Å². The number of aryl methyl sites for hydroxylation is 1. The number of hydrogen-bond donors (Lipinski definition) is 3. The Hall–Kier alpha value is -1.66. The van der Waals surface area contributed by atoms with Gasteiger partial charge in [-0.05, 0) is 56.0 Å². The van der Waals surface area contributed by atoms with Gasteiger partial charge in [0.05, 0.1) is 5.56 Å². The van der Waals surface area contributed by atoms with Crippen molar-refractivity contribution in [1.82, 2.24) is 10.6 Å². The van der Waals surface area contributed by atoms with Crippen molar-refractivity contribution in [3.63, 3.8) is 0 Å².